The van der Waals surface area contributed by atoms with Gasteiger partial charge in [0.1, 0.15) is 0 Å². The van der Waals surface area contributed by atoms with Crippen molar-refractivity contribution in [2.75, 3.05) is 37.6 Å². The third-order valence-electron chi connectivity index (χ3n) is 4.93. The minimum absolute atomic E-state index is 0.0272. The summed E-state index contributed by atoms with van der Waals surface area (Å²) in [5.74, 6) is 0.558. The van der Waals surface area contributed by atoms with Gasteiger partial charge in [-0.1, -0.05) is 24.6 Å². The smallest absolute Gasteiger partial charge is 0.0568 e. The van der Waals surface area contributed by atoms with E-state index < -0.39 is 0 Å². The summed E-state index contributed by atoms with van der Waals surface area (Å²) in [7, 11) is 0. The second kappa shape index (κ2) is 6.59. The molecule has 0 aromatic heterocycles. The third kappa shape index (κ3) is 3.33. The molecule has 1 saturated heterocycles. The van der Waals surface area contributed by atoms with Gasteiger partial charge in [0.15, 0.2) is 0 Å². The molecular weight excluding hydrogens is 248 g/mol. The molecule has 1 aromatic rings. The van der Waals surface area contributed by atoms with E-state index in [0.717, 1.165) is 39.1 Å². The van der Waals surface area contributed by atoms with Crippen LogP contribution in [0.3, 0.4) is 0 Å². The molecule has 1 saturated carbocycles. The maximum atomic E-state index is 9.88. The molecule has 2 atom stereocenters. The van der Waals surface area contributed by atoms with Gasteiger partial charge in [0.2, 0.25) is 0 Å². The van der Waals surface area contributed by atoms with Gasteiger partial charge in [-0.2, -0.15) is 0 Å². The number of benzene rings is 1. The molecule has 0 amide bonds. The van der Waals surface area contributed by atoms with Crippen LogP contribution in [0.1, 0.15) is 25.7 Å². The molecule has 0 spiro atoms. The highest BCUT2D eigenvalue weighted by Gasteiger charge is 2.26. The largest absolute Gasteiger partial charge is 0.393 e. The third-order valence-corrected chi connectivity index (χ3v) is 4.93. The molecule has 2 aliphatic rings. The zero-order valence-electron chi connectivity index (χ0n) is 12.2. The maximum Gasteiger partial charge on any atom is 0.0568 e. The first-order chi connectivity index (χ1) is 9.83. The Balaban J connectivity index is 1.42. The topological polar surface area (TPSA) is 26.7 Å². The number of aliphatic hydroxyl groups is 1. The average molecular weight is 274 g/mol. The van der Waals surface area contributed by atoms with Crippen LogP contribution in [-0.4, -0.2) is 48.8 Å². The van der Waals surface area contributed by atoms with Crippen molar-refractivity contribution in [2.45, 2.75) is 31.8 Å². The van der Waals surface area contributed by atoms with Crippen molar-refractivity contribution in [1.29, 1.82) is 0 Å². The van der Waals surface area contributed by atoms with E-state index in [1.165, 1.54) is 24.9 Å². The van der Waals surface area contributed by atoms with E-state index in [0.29, 0.717) is 5.92 Å². The SMILES string of the molecule is OC1CCCC1CCN1CCN(c2ccccc2)CC1. The molecule has 3 heteroatoms. The predicted molar refractivity (Wildman–Crippen MR) is 83.1 cm³/mol. The zero-order valence-corrected chi connectivity index (χ0v) is 12.2. The van der Waals surface area contributed by atoms with Crippen LogP contribution in [0.5, 0.6) is 0 Å². The van der Waals surface area contributed by atoms with Gasteiger partial charge in [0.05, 0.1) is 6.10 Å². The number of piperazine rings is 1. The van der Waals surface area contributed by atoms with Crippen LogP contribution >= 0.6 is 0 Å². The van der Waals surface area contributed by atoms with E-state index in [9.17, 15) is 5.11 Å². The van der Waals surface area contributed by atoms with Crippen LogP contribution in [0.15, 0.2) is 30.3 Å². The molecule has 2 fully saturated rings. The first kappa shape index (κ1) is 13.9. The second-order valence-corrected chi connectivity index (χ2v) is 6.21. The fraction of sp³-hybridized carbons (Fsp3) is 0.647. The van der Waals surface area contributed by atoms with Crippen molar-refractivity contribution in [3.63, 3.8) is 0 Å². The first-order valence-electron chi connectivity index (χ1n) is 8.03. The lowest BCUT2D eigenvalue weighted by Crippen LogP contribution is -2.47. The van der Waals surface area contributed by atoms with Crippen LogP contribution in [0.25, 0.3) is 0 Å². The number of rotatable bonds is 4. The van der Waals surface area contributed by atoms with E-state index in [1.54, 1.807) is 0 Å². The maximum absolute atomic E-state index is 9.88. The van der Waals surface area contributed by atoms with E-state index in [2.05, 4.69) is 40.1 Å². The van der Waals surface area contributed by atoms with Crippen molar-refractivity contribution in [1.82, 2.24) is 4.90 Å². The van der Waals surface area contributed by atoms with Crippen LogP contribution in [0, 0.1) is 5.92 Å². The highest BCUT2D eigenvalue weighted by atomic mass is 16.3. The van der Waals surface area contributed by atoms with Gasteiger partial charge in [-0.3, -0.25) is 4.90 Å². The quantitative estimate of drug-likeness (QED) is 0.913. The summed E-state index contributed by atoms with van der Waals surface area (Å²) in [6, 6.07) is 10.7. The van der Waals surface area contributed by atoms with E-state index in [1.807, 2.05) is 0 Å². The Bertz CT molecular complexity index is 401. The summed E-state index contributed by atoms with van der Waals surface area (Å²) >= 11 is 0. The number of para-hydroxylation sites is 1. The molecule has 3 nitrogen and oxygen atoms in total. The van der Waals surface area contributed by atoms with Crippen molar-refractivity contribution >= 4 is 5.69 Å². The molecule has 110 valence electrons. The monoisotopic (exact) mass is 274 g/mol. The number of hydrogen-bond donors (Lipinski definition) is 1. The van der Waals surface area contributed by atoms with Gasteiger partial charge in [-0.05, 0) is 43.9 Å². The van der Waals surface area contributed by atoms with E-state index in [-0.39, 0.29) is 6.10 Å². The molecule has 3 rings (SSSR count). The molecule has 1 heterocycles. The normalized spacial score (nSPS) is 27.9. The Labute approximate surface area is 122 Å². The molecule has 2 unspecified atom stereocenters. The Morgan fingerprint density at radius 2 is 1.75 bits per heavy atom. The number of nitrogens with zero attached hydrogens (tertiary/aromatic N) is 2. The minimum Gasteiger partial charge on any atom is -0.393 e. The molecular formula is C17H26N2O. The highest BCUT2D eigenvalue weighted by molar-refractivity contribution is 5.46. The van der Waals surface area contributed by atoms with Gasteiger partial charge < -0.3 is 10.0 Å². The Hall–Kier alpha value is -1.06. The van der Waals surface area contributed by atoms with Gasteiger partial charge in [-0.25, -0.2) is 0 Å². The van der Waals surface area contributed by atoms with Gasteiger partial charge in [0.25, 0.3) is 0 Å². The standard InChI is InChI=1S/C17H26N2O/c20-17-8-4-5-15(17)9-10-18-11-13-19(14-12-18)16-6-2-1-3-7-16/h1-3,6-7,15,17,20H,4-5,8-14H2. The van der Waals surface area contributed by atoms with Crippen LogP contribution in [0.2, 0.25) is 0 Å². The zero-order chi connectivity index (χ0) is 13.8. The minimum atomic E-state index is -0.0272. The van der Waals surface area contributed by atoms with Gasteiger partial charge >= 0.3 is 0 Å². The molecule has 0 bridgehead atoms. The van der Waals surface area contributed by atoms with Crippen molar-refractivity contribution < 1.29 is 5.11 Å². The van der Waals surface area contributed by atoms with Gasteiger partial charge in [-0.15, -0.1) is 0 Å². The lowest BCUT2D eigenvalue weighted by Gasteiger charge is -2.36. The fourth-order valence-electron chi connectivity index (χ4n) is 3.57. The number of anilines is 1. The summed E-state index contributed by atoms with van der Waals surface area (Å²) in [4.78, 5) is 5.03. The lowest BCUT2D eigenvalue weighted by atomic mass is 10.0. The van der Waals surface area contributed by atoms with Crippen LogP contribution in [-0.2, 0) is 0 Å². The lowest BCUT2D eigenvalue weighted by molar-refractivity contribution is 0.117. The molecule has 1 aromatic carbocycles. The predicted octanol–water partition coefficient (Wildman–Crippen LogP) is 2.36. The molecule has 1 aliphatic carbocycles. The van der Waals surface area contributed by atoms with E-state index in [4.69, 9.17) is 0 Å². The second-order valence-electron chi connectivity index (χ2n) is 6.21. The Morgan fingerprint density at radius 1 is 1.00 bits per heavy atom. The summed E-state index contributed by atoms with van der Waals surface area (Å²) in [6.07, 6.45) is 4.61. The summed E-state index contributed by atoms with van der Waals surface area (Å²) in [6.45, 7) is 5.70. The molecule has 0 radical (unpaired) electrons. The Morgan fingerprint density at radius 3 is 2.40 bits per heavy atom. The van der Waals surface area contributed by atoms with Crippen molar-refractivity contribution in [3.8, 4) is 0 Å². The molecule has 20 heavy (non-hydrogen) atoms. The van der Waals surface area contributed by atoms with E-state index >= 15 is 0 Å². The Kier molecular flexibility index (Phi) is 4.58. The summed E-state index contributed by atoms with van der Waals surface area (Å²) in [5, 5.41) is 9.88. The van der Waals surface area contributed by atoms with Crippen LogP contribution < -0.4 is 4.90 Å². The highest BCUT2D eigenvalue weighted by Crippen LogP contribution is 2.28. The van der Waals surface area contributed by atoms with Crippen molar-refractivity contribution in [2.24, 2.45) is 5.92 Å². The first-order valence-corrected chi connectivity index (χ1v) is 8.03. The number of hydrogen-bond acceptors (Lipinski definition) is 3. The summed E-state index contributed by atoms with van der Waals surface area (Å²) in [5.41, 5.74) is 1.35. The average Bonchev–Trinajstić information content (AvgIpc) is 2.92. The number of aliphatic hydroxyl groups excluding tert-OH is 1. The molecule has 1 N–H and O–H groups in total. The van der Waals surface area contributed by atoms with Gasteiger partial charge in [0, 0.05) is 31.9 Å². The van der Waals surface area contributed by atoms with Crippen molar-refractivity contribution in [3.05, 3.63) is 30.3 Å². The fourth-order valence-corrected chi connectivity index (χ4v) is 3.57. The molecule has 1 aliphatic heterocycles. The van der Waals surface area contributed by atoms with Crippen LogP contribution in [0.4, 0.5) is 5.69 Å². The summed E-state index contributed by atoms with van der Waals surface area (Å²) < 4.78 is 0.